The van der Waals surface area contributed by atoms with E-state index in [9.17, 15) is 18.0 Å². The van der Waals surface area contributed by atoms with E-state index in [1.54, 1.807) is 17.9 Å². The lowest BCUT2D eigenvalue weighted by Gasteiger charge is -2.35. The number of carbonyl (C=O) groups is 2. The normalized spacial score (nSPS) is 26.2. The van der Waals surface area contributed by atoms with Crippen LogP contribution in [0.2, 0.25) is 0 Å². The van der Waals surface area contributed by atoms with Gasteiger partial charge >= 0.3 is 0 Å². The Labute approximate surface area is 205 Å². The van der Waals surface area contributed by atoms with Gasteiger partial charge in [0.2, 0.25) is 21.8 Å². The van der Waals surface area contributed by atoms with E-state index in [0.29, 0.717) is 54.9 Å². The summed E-state index contributed by atoms with van der Waals surface area (Å²) in [5, 5.41) is 3.21. The van der Waals surface area contributed by atoms with Crippen molar-refractivity contribution >= 4 is 43.5 Å². The van der Waals surface area contributed by atoms with Crippen molar-refractivity contribution in [2.75, 3.05) is 24.5 Å². The first-order valence-electron chi connectivity index (χ1n) is 12.2. The van der Waals surface area contributed by atoms with Gasteiger partial charge in [0.05, 0.1) is 11.6 Å². The molecule has 2 heterocycles. The molecule has 182 valence electrons. The highest BCUT2D eigenvalue weighted by atomic mass is 79.9. The van der Waals surface area contributed by atoms with E-state index in [2.05, 4.69) is 28.2 Å². The highest BCUT2D eigenvalue weighted by molar-refractivity contribution is 9.10. The summed E-state index contributed by atoms with van der Waals surface area (Å²) in [5.41, 5.74) is 1.37. The van der Waals surface area contributed by atoms with Crippen LogP contribution in [0.5, 0.6) is 0 Å². The summed E-state index contributed by atoms with van der Waals surface area (Å²) in [6.45, 7) is 5.02. The molecule has 0 unspecified atom stereocenters. The van der Waals surface area contributed by atoms with Gasteiger partial charge < -0.3 is 10.2 Å². The third-order valence-corrected chi connectivity index (χ3v) is 9.75. The number of amides is 2. The Kier molecular flexibility index (Phi) is 7.50. The van der Waals surface area contributed by atoms with Crippen LogP contribution in [0.15, 0.2) is 21.5 Å². The predicted molar refractivity (Wildman–Crippen MR) is 132 cm³/mol. The van der Waals surface area contributed by atoms with Crippen molar-refractivity contribution in [3.05, 3.63) is 22.2 Å². The monoisotopic (exact) mass is 539 g/mol. The minimum absolute atomic E-state index is 0.0316. The van der Waals surface area contributed by atoms with Crippen LogP contribution < -0.4 is 10.2 Å². The van der Waals surface area contributed by atoms with E-state index in [4.69, 9.17) is 0 Å². The molecule has 2 fully saturated rings. The molecule has 2 amide bonds. The first kappa shape index (κ1) is 24.7. The van der Waals surface area contributed by atoms with Crippen LogP contribution in [-0.4, -0.2) is 50.2 Å². The summed E-state index contributed by atoms with van der Waals surface area (Å²) in [6.07, 6.45) is 6.73. The SMILES string of the molecule is CCC(=O)N1CCc2cc(Br)cc(S(=O)(=O)N3CCC[C@H](C(=O)N[C@@H]4CCCC[C@@H]4C)C3)c21. The second-order valence-corrected chi connectivity index (χ2v) is 12.5. The predicted octanol–water partition coefficient (Wildman–Crippen LogP) is 3.84. The summed E-state index contributed by atoms with van der Waals surface area (Å²) in [7, 11) is -3.87. The summed E-state index contributed by atoms with van der Waals surface area (Å²) in [4.78, 5) is 27.3. The van der Waals surface area contributed by atoms with Crippen molar-refractivity contribution in [1.29, 1.82) is 0 Å². The number of nitrogens with one attached hydrogen (secondary N) is 1. The topological polar surface area (TPSA) is 86.8 Å². The van der Waals surface area contributed by atoms with Gasteiger partial charge in [-0.05, 0) is 55.7 Å². The maximum Gasteiger partial charge on any atom is 0.245 e. The highest BCUT2D eigenvalue weighted by Gasteiger charge is 2.38. The van der Waals surface area contributed by atoms with E-state index in [-0.39, 0.29) is 35.2 Å². The molecule has 0 bridgehead atoms. The van der Waals surface area contributed by atoms with E-state index in [1.165, 1.54) is 10.7 Å². The lowest BCUT2D eigenvalue weighted by atomic mass is 9.85. The smallest absolute Gasteiger partial charge is 0.245 e. The van der Waals surface area contributed by atoms with E-state index in [0.717, 1.165) is 24.8 Å². The maximum atomic E-state index is 13.8. The number of rotatable bonds is 5. The first-order chi connectivity index (χ1) is 15.7. The Balaban J connectivity index is 1.57. The van der Waals surface area contributed by atoms with Crippen molar-refractivity contribution in [2.45, 2.75) is 76.2 Å². The van der Waals surface area contributed by atoms with Gasteiger partial charge in [0.15, 0.2) is 0 Å². The summed E-state index contributed by atoms with van der Waals surface area (Å²) < 4.78 is 29.7. The van der Waals surface area contributed by atoms with E-state index in [1.807, 2.05) is 6.07 Å². The molecule has 9 heteroatoms. The quantitative estimate of drug-likeness (QED) is 0.615. The Hall–Kier alpha value is -1.45. The minimum Gasteiger partial charge on any atom is -0.353 e. The van der Waals surface area contributed by atoms with Crippen molar-refractivity contribution in [3.8, 4) is 0 Å². The van der Waals surface area contributed by atoms with Crippen molar-refractivity contribution in [1.82, 2.24) is 9.62 Å². The molecule has 1 aliphatic carbocycles. The molecule has 0 aromatic heterocycles. The van der Waals surface area contributed by atoms with Crippen LogP contribution in [0.25, 0.3) is 0 Å². The fraction of sp³-hybridized carbons (Fsp3) is 0.667. The van der Waals surface area contributed by atoms with Crippen LogP contribution >= 0.6 is 15.9 Å². The van der Waals surface area contributed by atoms with Gasteiger partial charge in [-0.1, -0.05) is 42.6 Å². The molecule has 2 aliphatic heterocycles. The van der Waals surface area contributed by atoms with Crippen molar-refractivity contribution in [3.63, 3.8) is 0 Å². The fourth-order valence-corrected chi connectivity index (χ4v) is 7.89. The number of nitrogens with zero attached hydrogens (tertiary/aromatic N) is 2. The third-order valence-electron chi connectivity index (χ3n) is 7.41. The highest BCUT2D eigenvalue weighted by Crippen LogP contribution is 2.40. The number of hydrogen-bond donors (Lipinski definition) is 1. The molecule has 1 saturated heterocycles. The van der Waals surface area contributed by atoms with Gasteiger partial charge in [-0.2, -0.15) is 4.31 Å². The van der Waals surface area contributed by atoms with Gasteiger partial charge in [0, 0.05) is 36.6 Å². The second kappa shape index (κ2) is 10.0. The maximum absolute atomic E-state index is 13.8. The van der Waals surface area contributed by atoms with Crippen LogP contribution in [0, 0.1) is 11.8 Å². The molecular formula is C24H34BrN3O4S. The number of anilines is 1. The Morgan fingerprint density at radius 2 is 1.88 bits per heavy atom. The molecule has 0 radical (unpaired) electrons. The molecule has 1 aromatic carbocycles. The average Bonchev–Trinajstić information content (AvgIpc) is 3.23. The number of fused-ring (bicyclic) bond motifs is 1. The number of benzene rings is 1. The zero-order valence-corrected chi connectivity index (χ0v) is 21.9. The molecule has 1 saturated carbocycles. The molecule has 0 spiro atoms. The number of sulfonamides is 1. The summed E-state index contributed by atoms with van der Waals surface area (Å²) in [6, 6.07) is 3.68. The third kappa shape index (κ3) is 5.00. The number of halogens is 1. The summed E-state index contributed by atoms with van der Waals surface area (Å²) in [5.74, 6) is -0.00497. The lowest BCUT2D eigenvalue weighted by molar-refractivity contribution is -0.127. The second-order valence-electron chi connectivity index (χ2n) is 9.64. The number of carbonyl (C=O) groups excluding carboxylic acids is 2. The van der Waals surface area contributed by atoms with Crippen LogP contribution in [-0.2, 0) is 26.0 Å². The van der Waals surface area contributed by atoms with Gasteiger partial charge in [-0.25, -0.2) is 8.42 Å². The molecule has 3 atom stereocenters. The Morgan fingerprint density at radius 1 is 1.12 bits per heavy atom. The molecule has 33 heavy (non-hydrogen) atoms. The number of piperidine rings is 1. The average molecular weight is 541 g/mol. The molecule has 4 rings (SSSR count). The molecule has 7 nitrogen and oxygen atoms in total. The first-order valence-corrected chi connectivity index (χ1v) is 14.4. The fourth-order valence-electron chi connectivity index (χ4n) is 5.45. The van der Waals surface area contributed by atoms with Crippen LogP contribution in [0.3, 0.4) is 0 Å². The van der Waals surface area contributed by atoms with Crippen LogP contribution in [0.4, 0.5) is 5.69 Å². The van der Waals surface area contributed by atoms with Gasteiger partial charge in [-0.15, -0.1) is 0 Å². The number of hydrogen-bond acceptors (Lipinski definition) is 4. The largest absolute Gasteiger partial charge is 0.353 e. The van der Waals surface area contributed by atoms with Gasteiger partial charge in [0.1, 0.15) is 4.90 Å². The summed E-state index contributed by atoms with van der Waals surface area (Å²) >= 11 is 3.45. The molecule has 1 aromatic rings. The van der Waals surface area contributed by atoms with E-state index < -0.39 is 10.0 Å². The minimum atomic E-state index is -3.87. The zero-order valence-electron chi connectivity index (χ0n) is 19.5. The van der Waals surface area contributed by atoms with Crippen molar-refractivity contribution < 1.29 is 18.0 Å². The standard InChI is InChI=1S/C24H34BrN3O4S/c1-3-22(29)28-12-10-17-13-19(25)14-21(23(17)28)33(31,32)27-11-6-8-18(15-27)24(30)26-20-9-5-4-7-16(20)2/h13-14,16,18,20H,3-12,15H2,1-2H3,(H,26,30)/t16-,18-,20+/m0/s1. The zero-order chi connectivity index (χ0) is 23.8. The van der Waals surface area contributed by atoms with Gasteiger partial charge in [-0.3, -0.25) is 9.59 Å². The lowest BCUT2D eigenvalue weighted by Crippen LogP contribution is -2.49. The molecule has 3 aliphatic rings. The molecule has 1 N–H and O–H groups in total. The Bertz CT molecular complexity index is 1030. The van der Waals surface area contributed by atoms with Gasteiger partial charge in [0.25, 0.3) is 0 Å². The van der Waals surface area contributed by atoms with Crippen molar-refractivity contribution in [2.24, 2.45) is 11.8 Å². The van der Waals surface area contributed by atoms with Crippen LogP contribution in [0.1, 0.15) is 64.4 Å². The van der Waals surface area contributed by atoms with E-state index >= 15 is 0 Å². The Morgan fingerprint density at radius 3 is 2.61 bits per heavy atom. The molecular weight excluding hydrogens is 506 g/mol.